The van der Waals surface area contributed by atoms with Crippen LogP contribution < -0.4 is 14.8 Å². The molecule has 8 heteroatoms. The summed E-state index contributed by atoms with van der Waals surface area (Å²) >= 11 is 3.48. The average molecular weight is 470 g/mol. The number of halogens is 1. The largest absolute Gasteiger partial charge is 0.493 e. The van der Waals surface area contributed by atoms with E-state index in [1.807, 2.05) is 19.1 Å². The number of imide groups is 1. The van der Waals surface area contributed by atoms with Gasteiger partial charge in [0.15, 0.2) is 11.5 Å². The van der Waals surface area contributed by atoms with Crippen LogP contribution in [0.25, 0.3) is 6.08 Å². The molecule has 7 nitrogen and oxygen atoms in total. The lowest BCUT2D eigenvalue weighted by molar-refractivity contribution is -0.122. The Kier molecular flexibility index (Phi) is 6.75. The minimum absolute atomic E-state index is 0.202. The highest BCUT2D eigenvalue weighted by molar-refractivity contribution is 9.10. The predicted octanol–water partition coefficient (Wildman–Crippen LogP) is 4.21. The number of carbonyl (C=O) groups excluding carboxylic acids is 2. The lowest BCUT2D eigenvalue weighted by Crippen LogP contribution is -2.31. The lowest BCUT2D eigenvalue weighted by Gasteiger charge is -2.13. The molecule has 3 rings (SSSR count). The van der Waals surface area contributed by atoms with Crippen molar-refractivity contribution in [2.45, 2.75) is 20.0 Å². The van der Waals surface area contributed by atoms with Crippen LogP contribution in [0.3, 0.4) is 0 Å². The zero-order valence-corrected chi connectivity index (χ0v) is 18.2. The minimum Gasteiger partial charge on any atom is -0.493 e. The van der Waals surface area contributed by atoms with E-state index in [2.05, 4.69) is 27.3 Å². The highest BCUT2D eigenvalue weighted by atomic mass is 79.9. The number of benzene rings is 2. The van der Waals surface area contributed by atoms with Crippen molar-refractivity contribution in [2.24, 2.45) is 0 Å². The molecular weight excluding hydrogens is 450 g/mol. The normalized spacial score (nSPS) is 14.6. The van der Waals surface area contributed by atoms with Gasteiger partial charge >= 0.3 is 6.03 Å². The molecule has 0 unspecified atom stereocenters. The SMILES string of the molecule is CCCN1C(=O)N/C(=C/c2cc(OC)c(OCc3ccccc3C#N)cc2Br)C1=O. The van der Waals surface area contributed by atoms with Crippen LogP contribution in [0.2, 0.25) is 0 Å². The van der Waals surface area contributed by atoms with Crippen molar-refractivity contribution in [1.29, 1.82) is 5.26 Å². The van der Waals surface area contributed by atoms with E-state index in [-0.39, 0.29) is 18.2 Å². The van der Waals surface area contributed by atoms with Crippen molar-refractivity contribution in [1.82, 2.24) is 10.2 Å². The molecule has 2 aromatic carbocycles. The number of methoxy groups -OCH3 is 1. The van der Waals surface area contributed by atoms with Gasteiger partial charge in [-0.1, -0.05) is 41.1 Å². The zero-order chi connectivity index (χ0) is 21.7. The topological polar surface area (TPSA) is 91.7 Å². The fourth-order valence-electron chi connectivity index (χ4n) is 3.00. The first-order valence-corrected chi connectivity index (χ1v) is 10.1. The van der Waals surface area contributed by atoms with Gasteiger partial charge in [0.1, 0.15) is 12.3 Å². The molecule has 1 N–H and O–H groups in total. The summed E-state index contributed by atoms with van der Waals surface area (Å²) in [7, 11) is 1.52. The van der Waals surface area contributed by atoms with Gasteiger partial charge in [-0.05, 0) is 36.3 Å². The molecule has 30 heavy (non-hydrogen) atoms. The number of nitrogens with one attached hydrogen (secondary N) is 1. The van der Waals surface area contributed by atoms with E-state index in [0.717, 1.165) is 5.56 Å². The molecule has 0 saturated carbocycles. The van der Waals surface area contributed by atoms with Crippen molar-refractivity contribution in [2.75, 3.05) is 13.7 Å². The van der Waals surface area contributed by atoms with Crippen LogP contribution >= 0.6 is 15.9 Å². The molecule has 1 fully saturated rings. The molecule has 0 aliphatic carbocycles. The Morgan fingerprint density at radius 3 is 2.70 bits per heavy atom. The summed E-state index contributed by atoms with van der Waals surface area (Å²) in [5.74, 6) is 0.580. The second kappa shape index (κ2) is 9.46. The number of amides is 3. The van der Waals surface area contributed by atoms with Crippen LogP contribution in [0.5, 0.6) is 11.5 Å². The molecular formula is C22H20BrN3O4. The molecule has 0 bridgehead atoms. The van der Waals surface area contributed by atoms with Gasteiger partial charge in [0, 0.05) is 16.6 Å². The number of ether oxygens (including phenoxy) is 2. The fourth-order valence-corrected chi connectivity index (χ4v) is 3.44. The third-order valence-electron chi connectivity index (χ3n) is 4.51. The van der Waals surface area contributed by atoms with Crippen molar-refractivity contribution < 1.29 is 19.1 Å². The second-order valence-corrected chi connectivity index (χ2v) is 7.38. The van der Waals surface area contributed by atoms with Crippen molar-refractivity contribution in [3.05, 3.63) is 63.3 Å². The van der Waals surface area contributed by atoms with Crippen LogP contribution in [-0.4, -0.2) is 30.5 Å². The number of nitrogens with zero attached hydrogens (tertiary/aromatic N) is 2. The van der Waals surface area contributed by atoms with Gasteiger partial charge in [-0.3, -0.25) is 9.69 Å². The first-order chi connectivity index (χ1) is 14.5. The Hall–Kier alpha value is -3.31. The molecule has 1 aliphatic rings. The standard InChI is InChI=1S/C22H20BrN3O4/c1-3-8-26-21(27)18(25-22(26)28)9-16-10-19(29-2)20(11-17(16)23)30-13-15-7-5-4-6-14(15)12-24/h4-7,9-11H,3,8,13H2,1-2H3,(H,25,28)/b18-9+. The van der Waals surface area contributed by atoms with Gasteiger partial charge in [-0.2, -0.15) is 5.26 Å². The van der Waals surface area contributed by atoms with Crippen LogP contribution in [0.15, 0.2) is 46.6 Å². The highest BCUT2D eigenvalue weighted by Gasteiger charge is 2.32. The maximum atomic E-state index is 12.4. The number of hydrogen-bond donors (Lipinski definition) is 1. The fraction of sp³-hybridized carbons (Fsp3) is 0.227. The predicted molar refractivity (Wildman–Crippen MR) is 115 cm³/mol. The Balaban J connectivity index is 1.85. The van der Waals surface area contributed by atoms with Crippen LogP contribution in [0.1, 0.15) is 30.0 Å². The maximum Gasteiger partial charge on any atom is 0.329 e. The van der Waals surface area contributed by atoms with Gasteiger partial charge < -0.3 is 14.8 Å². The van der Waals surface area contributed by atoms with Crippen molar-refractivity contribution >= 4 is 33.9 Å². The molecule has 2 aromatic rings. The first-order valence-electron chi connectivity index (χ1n) is 9.31. The van der Waals surface area contributed by atoms with Crippen LogP contribution in [0.4, 0.5) is 4.79 Å². The number of hydrogen-bond acceptors (Lipinski definition) is 5. The molecule has 1 aliphatic heterocycles. The van der Waals surface area contributed by atoms with Gasteiger partial charge in [0.2, 0.25) is 0 Å². The summed E-state index contributed by atoms with van der Waals surface area (Å²) in [6.07, 6.45) is 2.28. The van der Waals surface area contributed by atoms with E-state index in [9.17, 15) is 14.9 Å². The van der Waals surface area contributed by atoms with Crippen LogP contribution in [0, 0.1) is 11.3 Å². The number of urea groups is 1. The zero-order valence-electron chi connectivity index (χ0n) is 16.6. The van der Waals surface area contributed by atoms with E-state index in [1.54, 1.807) is 30.3 Å². The monoisotopic (exact) mass is 469 g/mol. The summed E-state index contributed by atoms with van der Waals surface area (Å²) in [5, 5.41) is 11.8. The molecule has 0 radical (unpaired) electrons. The summed E-state index contributed by atoms with van der Waals surface area (Å²) in [6.45, 7) is 2.47. The summed E-state index contributed by atoms with van der Waals surface area (Å²) in [4.78, 5) is 25.6. The summed E-state index contributed by atoms with van der Waals surface area (Å²) in [5.41, 5.74) is 2.16. The maximum absolute atomic E-state index is 12.4. The number of nitriles is 1. The van der Waals surface area contributed by atoms with Crippen molar-refractivity contribution in [3.63, 3.8) is 0 Å². The van der Waals surface area contributed by atoms with E-state index in [1.165, 1.54) is 12.0 Å². The van der Waals surface area contributed by atoms with E-state index in [0.29, 0.717) is 40.1 Å². The highest BCUT2D eigenvalue weighted by Crippen LogP contribution is 2.35. The average Bonchev–Trinajstić information content (AvgIpc) is 3.01. The number of rotatable bonds is 7. The van der Waals surface area contributed by atoms with Gasteiger partial charge in [0.25, 0.3) is 5.91 Å². The Morgan fingerprint density at radius 2 is 2.00 bits per heavy atom. The summed E-state index contributed by atoms with van der Waals surface area (Å²) in [6, 6.07) is 12.4. The van der Waals surface area contributed by atoms with Crippen LogP contribution in [-0.2, 0) is 11.4 Å². The van der Waals surface area contributed by atoms with E-state index in [4.69, 9.17) is 9.47 Å². The molecule has 1 heterocycles. The molecule has 0 aromatic heterocycles. The molecule has 0 spiro atoms. The Labute approximate surface area is 183 Å². The third-order valence-corrected chi connectivity index (χ3v) is 5.20. The minimum atomic E-state index is -0.424. The smallest absolute Gasteiger partial charge is 0.329 e. The lowest BCUT2D eigenvalue weighted by atomic mass is 10.1. The molecule has 1 saturated heterocycles. The first kappa shape index (κ1) is 21.4. The van der Waals surface area contributed by atoms with Gasteiger partial charge in [0.05, 0.1) is 18.7 Å². The van der Waals surface area contributed by atoms with Gasteiger partial charge in [-0.25, -0.2) is 4.79 Å². The quantitative estimate of drug-likeness (QED) is 0.484. The summed E-state index contributed by atoms with van der Waals surface area (Å²) < 4.78 is 12.0. The molecule has 154 valence electrons. The Morgan fingerprint density at radius 1 is 1.23 bits per heavy atom. The Bertz CT molecular complexity index is 1060. The second-order valence-electron chi connectivity index (χ2n) is 6.53. The van der Waals surface area contributed by atoms with Crippen molar-refractivity contribution in [3.8, 4) is 17.6 Å². The van der Waals surface area contributed by atoms with Gasteiger partial charge in [-0.15, -0.1) is 0 Å². The number of carbonyl (C=O) groups is 2. The molecule has 0 atom stereocenters. The van der Waals surface area contributed by atoms with E-state index >= 15 is 0 Å². The third kappa shape index (κ3) is 4.47. The molecule has 3 amide bonds. The van der Waals surface area contributed by atoms with E-state index < -0.39 is 6.03 Å².